The summed E-state index contributed by atoms with van der Waals surface area (Å²) in [6.07, 6.45) is 8.19. The van der Waals surface area contributed by atoms with Gasteiger partial charge in [-0.2, -0.15) is 0 Å². The van der Waals surface area contributed by atoms with Crippen molar-refractivity contribution in [3.63, 3.8) is 0 Å². The van der Waals surface area contributed by atoms with Crippen LogP contribution in [0.3, 0.4) is 0 Å². The lowest BCUT2D eigenvalue weighted by molar-refractivity contribution is 0.226. The molecule has 0 radical (unpaired) electrons. The van der Waals surface area contributed by atoms with Crippen LogP contribution in [0.2, 0.25) is 0 Å². The van der Waals surface area contributed by atoms with Crippen molar-refractivity contribution in [3.8, 4) is 5.75 Å². The average molecular weight is 259 g/mol. The van der Waals surface area contributed by atoms with E-state index in [1.54, 1.807) is 0 Å². The number of ether oxygens (including phenoxy) is 1. The van der Waals surface area contributed by atoms with E-state index in [0.29, 0.717) is 0 Å². The van der Waals surface area contributed by atoms with Crippen molar-refractivity contribution in [2.75, 3.05) is 0 Å². The van der Waals surface area contributed by atoms with Crippen molar-refractivity contribution < 1.29 is 4.74 Å². The van der Waals surface area contributed by atoms with Gasteiger partial charge < -0.3 is 10.1 Å². The first-order valence-electron chi connectivity index (χ1n) is 7.21. The van der Waals surface area contributed by atoms with Crippen LogP contribution in [0.25, 0.3) is 0 Å². The van der Waals surface area contributed by atoms with E-state index >= 15 is 0 Å². The quantitative estimate of drug-likeness (QED) is 0.823. The summed E-state index contributed by atoms with van der Waals surface area (Å²) in [5, 5.41) is 3.52. The minimum Gasteiger partial charge on any atom is -0.486 e. The molecule has 0 saturated heterocycles. The van der Waals surface area contributed by atoms with E-state index in [-0.39, 0.29) is 11.6 Å². The fraction of sp³-hybridized carbons (Fsp3) is 0.529. The highest BCUT2D eigenvalue weighted by Gasteiger charge is 2.14. The highest BCUT2D eigenvalue weighted by molar-refractivity contribution is 5.33. The molecule has 0 aromatic heterocycles. The molecule has 0 fully saturated rings. The van der Waals surface area contributed by atoms with Gasteiger partial charge in [0.1, 0.15) is 11.9 Å². The van der Waals surface area contributed by atoms with Crippen LogP contribution in [0.15, 0.2) is 36.4 Å². The van der Waals surface area contributed by atoms with Crippen LogP contribution in [-0.4, -0.2) is 11.6 Å². The topological polar surface area (TPSA) is 21.3 Å². The van der Waals surface area contributed by atoms with Gasteiger partial charge in [-0.1, -0.05) is 24.3 Å². The number of hydrogen-bond acceptors (Lipinski definition) is 2. The predicted octanol–water partition coefficient (Wildman–Crippen LogP) is 4.06. The molecular weight excluding hydrogens is 234 g/mol. The maximum Gasteiger partial charge on any atom is 0.124 e. The van der Waals surface area contributed by atoms with Crippen LogP contribution in [0, 0.1) is 0 Å². The fourth-order valence-electron chi connectivity index (χ4n) is 2.17. The Bertz CT molecular complexity index is 431. The van der Waals surface area contributed by atoms with Gasteiger partial charge in [0, 0.05) is 17.6 Å². The highest BCUT2D eigenvalue weighted by atomic mass is 16.5. The Morgan fingerprint density at radius 2 is 2.05 bits per heavy atom. The number of rotatable bonds is 4. The Balaban J connectivity index is 2.03. The number of benzene rings is 1. The smallest absolute Gasteiger partial charge is 0.124 e. The average Bonchev–Trinajstić information content (AvgIpc) is 2.38. The predicted molar refractivity (Wildman–Crippen MR) is 80.4 cm³/mol. The number of allylic oxidation sites excluding steroid dienone is 1. The molecule has 1 unspecified atom stereocenters. The van der Waals surface area contributed by atoms with Gasteiger partial charge in [0.2, 0.25) is 0 Å². The van der Waals surface area contributed by atoms with E-state index in [2.05, 4.69) is 56.4 Å². The third-order valence-corrected chi connectivity index (χ3v) is 3.27. The SMILES string of the molecule is CC(C)(C)NCc1ccccc1OC1C=CCCC1. The van der Waals surface area contributed by atoms with Gasteiger partial charge in [0.05, 0.1) is 0 Å². The Hall–Kier alpha value is -1.28. The summed E-state index contributed by atoms with van der Waals surface area (Å²) in [6.45, 7) is 7.39. The first-order valence-corrected chi connectivity index (χ1v) is 7.21. The summed E-state index contributed by atoms with van der Waals surface area (Å²) in [4.78, 5) is 0. The van der Waals surface area contributed by atoms with E-state index in [4.69, 9.17) is 4.74 Å². The third-order valence-electron chi connectivity index (χ3n) is 3.27. The Labute approximate surface area is 116 Å². The number of hydrogen-bond donors (Lipinski definition) is 1. The molecule has 0 aliphatic heterocycles. The molecule has 2 rings (SSSR count). The zero-order valence-electron chi connectivity index (χ0n) is 12.3. The Morgan fingerprint density at radius 1 is 1.26 bits per heavy atom. The van der Waals surface area contributed by atoms with Crippen molar-refractivity contribution >= 4 is 0 Å². The van der Waals surface area contributed by atoms with Crippen molar-refractivity contribution in [3.05, 3.63) is 42.0 Å². The van der Waals surface area contributed by atoms with Crippen LogP contribution in [0.4, 0.5) is 0 Å². The van der Waals surface area contributed by atoms with Gasteiger partial charge in [-0.3, -0.25) is 0 Å². The molecule has 2 nitrogen and oxygen atoms in total. The fourth-order valence-corrected chi connectivity index (χ4v) is 2.17. The Morgan fingerprint density at radius 3 is 2.74 bits per heavy atom. The summed E-state index contributed by atoms with van der Waals surface area (Å²) < 4.78 is 6.12. The van der Waals surface area contributed by atoms with Gasteiger partial charge in [-0.05, 0) is 52.2 Å². The van der Waals surface area contributed by atoms with Crippen molar-refractivity contribution in [1.82, 2.24) is 5.32 Å². The summed E-state index contributed by atoms with van der Waals surface area (Å²) in [6, 6.07) is 8.33. The third kappa shape index (κ3) is 4.71. The van der Waals surface area contributed by atoms with Gasteiger partial charge in [-0.25, -0.2) is 0 Å². The van der Waals surface area contributed by atoms with Crippen LogP contribution in [0.1, 0.15) is 45.6 Å². The number of nitrogens with one attached hydrogen (secondary N) is 1. The zero-order valence-corrected chi connectivity index (χ0v) is 12.3. The maximum atomic E-state index is 6.12. The molecule has 19 heavy (non-hydrogen) atoms. The summed E-state index contributed by atoms with van der Waals surface area (Å²) in [7, 11) is 0. The summed E-state index contributed by atoms with van der Waals surface area (Å²) in [5.41, 5.74) is 1.36. The molecule has 1 aliphatic rings. The van der Waals surface area contributed by atoms with Crippen molar-refractivity contribution in [1.29, 1.82) is 0 Å². The van der Waals surface area contributed by atoms with Gasteiger partial charge in [0.25, 0.3) is 0 Å². The largest absolute Gasteiger partial charge is 0.486 e. The molecule has 0 heterocycles. The van der Waals surface area contributed by atoms with E-state index in [9.17, 15) is 0 Å². The van der Waals surface area contributed by atoms with Crippen molar-refractivity contribution in [2.45, 2.75) is 58.2 Å². The lowest BCUT2D eigenvalue weighted by Crippen LogP contribution is -2.35. The molecule has 1 aromatic rings. The standard InChI is InChI=1S/C17H25NO/c1-17(2,3)18-13-14-9-7-8-12-16(14)19-15-10-5-4-6-11-15/h5,7-10,12,15,18H,4,6,11,13H2,1-3H3. The maximum absolute atomic E-state index is 6.12. The molecule has 1 aromatic carbocycles. The van der Waals surface area contributed by atoms with Crippen LogP contribution < -0.4 is 10.1 Å². The van der Waals surface area contributed by atoms with Gasteiger partial charge in [-0.15, -0.1) is 0 Å². The summed E-state index contributed by atoms with van der Waals surface area (Å²) >= 11 is 0. The first kappa shape index (κ1) is 14.1. The molecule has 0 spiro atoms. The molecule has 1 aliphatic carbocycles. The van der Waals surface area contributed by atoms with Gasteiger partial charge in [0.15, 0.2) is 0 Å². The minimum absolute atomic E-state index is 0.123. The second-order valence-electron chi connectivity index (χ2n) is 6.23. The zero-order chi connectivity index (χ0) is 13.7. The molecule has 0 bridgehead atoms. The van der Waals surface area contributed by atoms with E-state index in [1.165, 1.54) is 18.4 Å². The molecule has 0 saturated carbocycles. The van der Waals surface area contributed by atoms with Crippen molar-refractivity contribution in [2.24, 2.45) is 0 Å². The summed E-state index contributed by atoms with van der Waals surface area (Å²) in [5.74, 6) is 1.01. The molecule has 2 heteroatoms. The minimum atomic E-state index is 0.123. The first-order chi connectivity index (χ1) is 9.04. The second-order valence-corrected chi connectivity index (χ2v) is 6.23. The van der Waals surface area contributed by atoms with Gasteiger partial charge >= 0.3 is 0 Å². The number of para-hydroxylation sites is 1. The van der Waals surface area contributed by atoms with E-state index < -0.39 is 0 Å². The van der Waals surface area contributed by atoms with Crippen LogP contribution in [-0.2, 0) is 6.54 Å². The second kappa shape index (κ2) is 6.25. The monoisotopic (exact) mass is 259 g/mol. The lowest BCUT2D eigenvalue weighted by atomic mass is 10.0. The normalized spacial score (nSPS) is 19.4. The highest BCUT2D eigenvalue weighted by Crippen LogP contribution is 2.23. The van der Waals surface area contributed by atoms with E-state index in [1.807, 2.05) is 6.07 Å². The molecular formula is C17H25NO. The molecule has 1 atom stereocenters. The van der Waals surface area contributed by atoms with Crippen LogP contribution >= 0.6 is 0 Å². The molecule has 0 amide bonds. The molecule has 1 N–H and O–H groups in total. The lowest BCUT2D eigenvalue weighted by Gasteiger charge is -2.23. The Kier molecular flexibility index (Phi) is 4.65. The van der Waals surface area contributed by atoms with E-state index in [0.717, 1.165) is 18.7 Å². The van der Waals surface area contributed by atoms with Crippen LogP contribution in [0.5, 0.6) is 5.75 Å². The molecule has 104 valence electrons.